The summed E-state index contributed by atoms with van der Waals surface area (Å²) in [4.78, 5) is 51.2. The average molecular weight is 521 g/mol. The van der Waals surface area contributed by atoms with E-state index in [-0.39, 0.29) is 33.1 Å². The van der Waals surface area contributed by atoms with E-state index >= 15 is 0 Å². The van der Waals surface area contributed by atoms with Crippen LogP contribution in [0.25, 0.3) is 0 Å². The molecule has 12 radical (unpaired) electrons. The van der Waals surface area contributed by atoms with Gasteiger partial charge in [-0.1, -0.05) is 35.9 Å². The van der Waals surface area contributed by atoms with Gasteiger partial charge in [-0.3, -0.25) is 24.5 Å². The fraction of sp³-hybridized carbons (Fsp3) is 0.273. The number of imide groups is 1. The summed E-state index contributed by atoms with van der Waals surface area (Å²) in [7, 11) is 35.5. The van der Waals surface area contributed by atoms with Crippen molar-refractivity contribution >= 4 is 82.4 Å². The Kier molecular flexibility index (Phi) is 6.70. The summed E-state index contributed by atoms with van der Waals surface area (Å²) in [6.45, 7) is -0.286. The lowest BCUT2D eigenvalue weighted by molar-refractivity contribution is -0.155. The molecule has 4 rings (SSSR count). The van der Waals surface area contributed by atoms with E-state index in [9.17, 15) is 28.0 Å². The van der Waals surface area contributed by atoms with Crippen molar-refractivity contribution in [3.63, 3.8) is 0 Å². The van der Waals surface area contributed by atoms with Crippen LogP contribution in [-0.2, 0) is 32.2 Å². The lowest BCUT2D eigenvalue weighted by Crippen LogP contribution is -2.67. The quantitative estimate of drug-likeness (QED) is 0.438. The lowest BCUT2D eigenvalue weighted by atomic mass is 9.45. The van der Waals surface area contributed by atoms with Gasteiger partial charge in [-0.05, 0) is 46.3 Å². The normalized spacial score (nSPS) is 21.1. The molecule has 4 amide bonds. The van der Waals surface area contributed by atoms with Crippen LogP contribution in [0.3, 0.4) is 0 Å². The second kappa shape index (κ2) is 9.07. The van der Waals surface area contributed by atoms with Crippen molar-refractivity contribution < 1.29 is 28.0 Å². The summed E-state index contributed by atoms with van der Waals surface area (Å²) < 4.78 is 29.8. The maximum absolute atomic E-state index is 14.9. The van der Waals surface area contributed by atoms with Gasteiger partial charge in [-0.25, -0.2) is 0 Å². The highest BCUT2D eigenvalue weighted by Crippen LogP contribution is 2.40. The van der Waals surface area contributed by atoms with Gasteiger partial charge in [0, 0.05) is 22.7 Å². The molecule has 1 N–H and O–H groups in total. The fourth-order valence-corrected chi connectivity index (χ4v) is 4.41. The second-order valence-electron chi connectivity index (χ2n) is 9.27. The predicted octanol–water partition coefficient (Wildman–Crippen LogP) is -0.188. The van der Waals surface area contributed by atoms with Crippen LogP contribution in [0.5, 0.6) is 0 Å². The van der Waals surface area contributed by atoms with E-state index in [1.807, 2.05) is 5.32 Å². The van der Waals surface area contributed by atoms with E-state index in [1.54, 1.807) is 0 Å². The first-order chi connectivity index (χ1) is 17.4. The minimum Gasteiger partial charge on any atom is -0.398 e. The molecule has 1 saturated heterocycles. The summed E-state index contributed by atoms with van der Waals surface area (Å²) in [5, 5.41) is -2.37. The third-order valence-corrected chi connectivity index (χ3v) is 6.80. The first-order valence-electron chi connectivity index (χ1n) is 10.9. The SMILES string of the molecule is [B]N(C(=O)C(F)(F)c1ccc(Cl)cc1)C([B])([B])c1ccc2c(c1)CN([C@]1([B])CC([B])([B])C(=O)NC1=O)C2=O. The molecule has 2 aliphatic heterocycles. The zero-order chi connectivity index (χ0) is 28.4. The van der Waals surface area contributed by atoms with E-state index in [4.69, 9.17) is 58.8 Å². The van der Waals surface area contributed by atoms with Crippen molar-refractivity contribution in [3.05, 3.63) is 69.7 Å². The molecule has 0 unspecified atom stereocenters. The van der Waals surface area contributed by atoms with Crippen molar-refractivity contribution in [2.45, 2.75) is 34.9 Å². The van der Waals surface area contributed by atoms with Gasteiger partial charge in [0.15, 0.2) is 0 Å². The van der Waals surface area contributed by atoms with Crippen LogP contribution in [0.2, 0.25) is 10.2 Å². The molecule has 2 aromatic rings. The molecule has 1 atom stereocenters. The maximum atomic E-state index is 14.9. The minimum atomic E-state index is -4.11. The molecule has 0 aromatic heterocycles. The van der Waals surface area contributed by atoms with Crippen LogP contribution in [0.4, 0.5) is 8.78 Å². The lowest BCUT2D eigenvalue weighted by Gasteiger charge is -2.46. The molecule has 178 valence electrons. The molecule has 1 fully saturated rings. The third kappa shape index (κ3) is 4.38. The first-order valence-corrected chi connectivity index (χ1v) is 11.3. The van der Waals surface area contributed by atoms with Crippen molar-refractivity contribution in [1.29, 1.82) is 0 Å². The van der Waals surface area contributed by atoms with Crippen LogP contribution in [0, 0.1) is 0 Å². The molecule has 0 aliphatic carbocycles. The Bertz CT molecular complexity index is 1380. The van der Waals surface area contributed by atoms with Gasteiger partial charge in [0.1, 0.15) is 7.85 Å². The zero-order valence-corrected chi connectivity index (χ0v) is 20.3. The maximum Gasteiger partial charge on any atom is 0.348 e. The highest BCUT2D eigenvalue weighted by molar-refractivity contribution is 6.53. The number of nitrogens with zero attached hydrogens (tertiary/aromatic N) is 2. The number of fused-ring (bicyclic) bond motifs is 1. The average Bonchev–Trinajstić information content (AvgIpc) is 3.18. The van der Waals surface area contributed by atoms with E-state index in [0.717, 1.165) is 17.0 Å². The number of amides is 4. The summed E-state index contributed by atoms with van der Waals surface area (Å²) in [6, 6.07) is 7.97. The Hall–Kier alpha value is -2.94. The number of alkyl halides is 2. The molecule has 38 heavy (non-hydrogen) atoms. The van der Waals surface area contributed by atoms with Crippen molar-refractivity contribution in [2.75, 3.05) is 0 Å². The number of carbonyl (C=O) groups is 4. The smallest absolute Gasteiger partial charge is 0.348 e. The highest BCUT2D eigenvalue weighted by atomic mass is 35.5. The van der Waals surface area contributed by atoms with Gasteiger partial charge < -0.3 is 9.71 Å². The van der Waals surface area contributed by atoms with Crippen LogP contribution < -0.4 is 5.32 Å². The van der Waals surface area contributed by atoms with Gasteiger partial charge in [0.25, 0.3) is 11.8 Å². The van der Waals surface area contributed by atoms with E-state index in [0.29, 0.717) is 0 Å². The molecule has 0 saturated carbocycles. The van der Waals surface area contributed by atoms with Crippen LogP contribution in [0.15, 0.2) is 42.5 Å². The topological polar surface area (TPSA) is 86.8 Å². The fourth-order valence-electron chi connectivity index (χ4n) is 4.29. The molecule has 0 spiro atoms. The van der Waals surface area contributed by atoms with Gasteiger partial charge in [0.2, 0.25) is 19.8 Å². The van der Waals surface area contributed by atoms with Gasteiger partial charge in [-0.15, -0.1) is 0 Å². The van der Waals surface area contributed by atoms with E-state index < -0.39 is 57.5 Å². The minimum absolute atomic E-state index is 0.0142. The Labute approximate surface area is 229 Å². The summed E-state index contributed by atoms with van der Waals surface area (Å²) in [6.07, 6.45) is -0.584. The number of hydrogen-bond acceptors (Lipinski definition) is 4. The number of rotatable bonds is 5. The Morgan fingerprint density at radius 3 is 2.18 bits per heavy atom. The number of piperidine rings is 1. The predicted molar refractivity (Wildman–Crippen MR) is 138 cm³/mol. The van der Waals surface area contributed by atoms with Crippen molar-refractivity contribution in [3.8, 4) is 0 Å². The largest absolute Gasteiger partial charge is 0.398 e. The number of carbonyl (C=O) groups excluding carboxylic acids is 4. The zero-order valence-electron chi connectivity index (χ0n) is 19.6. The van der Waals surface area contributed by atoms with E-state index in [1.165, 1.54) is 30.3 Å². The van der Waals surface area contributed by atoms with Gasteiger partial charge >= 0.3 is 5.92 Å². The number of halogens is 3. The number of benzene rings is 2. The van der Waals surface area contributed by atoms with Crippen LogP contribution in [0.1, 0.15) is 33.5 Å². The summed E-state index contributed by atoms with van der Waals surface area (Å²) in [5.74, 6) is -8.68. The van der Waals surface area contributed by atoms with Gasteiger partial charge in [0.05, 0.1) is 36.8 Å². The molecule has 16 heteroatoms. The van der Waals surface area contributed by atoms with Crippen LogP contribution in [-0.4, -0.2) is 86.0 Å². The molecule has 0 bridgehead atoms. The molecule has 2 heterocycles. The summed E-state index contributed by atoms with van der Waals surface area (Å²) >= 11 is 5.72. The van der Waals surface area contributed by atoms with E-state index in [2.05, 4.69) is 0 Å². The van der Waals surface area contributed by atoms with Crippen LogP contribution >= 0.6 is 11.6 Å². The third-order valence-electron chi connectivity index (χ3n) is 6.55. The Morgan fingerprint density at radius 2 is 1.58 bits per heavy atom. The monoisotopic (exact) mass is 521 g/mol. The molecular formula is C22H12B6ClF2N3O4. The van der Waals surface area contributed by atoms with Gasteiger partial charge in [-0.2, -0.15) is 8.78 Å². The standard InChI is InChI=1S/C22H12B6ClF2N3O4/c23-19(24)9-20(25,17(37)32-16(19)36)33-8-10-7-12(3-6-14(10)15(33)35)22(26,27)34(28)18(38)21(30,31)11-1-4-13(29)5-2-11/h1-7H,8-9H2,(H,32,36,37)/t20-/m1/s1. The molecule has 2 aliphatic rings. The second-order valence-corrected chi connectivity index (χ2v) is 9.71. The summed E-state index contributed by atoms with van der Waals surface area (Å²) in [5.41, 5.74) is -2.60. The van der Waals surface area contributed by atoms with Crippen molar-refractivity contribution in [1.82, 2.24) is 15.0 Å². The Morgan fingerprint density at radius 1 is 1.00 bits per heavy atom. The molecule has 7 nitrogen and oxygen atoms in total. The first kappa shape index (κ1) is 28.1. The van der Waals surface area contributed by atoms with Crippen molar-refractivity contribution in [2.24, 2.45) is 0 Å². The molecule has 2 aromatic carbocycles. The number of hydrogen-bond donors (Lipinski definition) is 1. The Balaban J connectivity index is 1.62. The highest BCUT2D eigenvalue weighted by Gasteiger charge is 2.53. The number of nitrogens with one attached hydrogen (secondary N) is 1. The molecular weight excluding hydrogens is 509 g/mol.